The van der Waals surface area contributed by atoms with Crippen LogP contribution >= 0.6 is 27.5 Å². The van der Waals surface area contributed by atoms with Crippen molar-refractivity contribution < 1.29 is 37.7 Å². The van der Waals surface area contributed by atoms with Crippen LogP contribution < -0.4 is 10.6 Å². The Morgan fingerprint density at radius 3 is 1.39 bits per heavy atom. The highest BCUT2D eigenvalue weighted by atomic mass is 79.9. The molecule has 4 aromatic heterocycles. The molecule has 0 atom stereocenters. The molecule has 88 heavy (non-hydrogen) atoms. The van der Waals surface area contributed by atoms with Gasteiger partial charge in [-0.25, -0.2) is 19.9 Å². The fourth-order valence-corrected chi connectivity index (χ4v) is 10.4. The van der Waals surface area contributed by atoms with Crippen LogP contribution in [-0.4, -0.2) is 147 Å². The monoisotopic (exact) mass is 1290 g/mol. The van der Waals surface area contributed by atoms with Gasteiger partial charge in [-0.2, -0.15) is 10.2 Å². The third-order valence-electron chi connectivity index (χ3n) is 16.6. The molecule has 0 spiro atoms. The zero-order chi connectivity index (χ0) is 64.9. The summed E-state index contributed by atoms with van der Waals surface area (Å²) in [5, 5.41) is 15.0. The minimum Gasteiger partial charge on any atom is -0.405 e. The fourth-order valence-electron chi connectivity index (χ4n) is 9.77. The first-order valence-corrected chi connectivity index (χ1v) is 31.4. The molecule has 24 heteroatoms. The SMILES string of the molecule is CC1(C)OB(B2OC(C)(C)C(C)(C)O2)OC1(C)C.Cc1c(Nc2nccc(Cl)n2)cnn1C.Cc1cc(-c2ccnc(Nc3cnn(C)c3C)n2)ccc1CCC(=O)N1CC(OC(C)(C)C)C1.Cc1cc(Br)ccc1CCC(=O)N1CC(OC(C)(C)C)C1. The van der Waals surface area contributed by atoms with Gasteiger partial charge in [0.15, 0.2) is 0 Å². The number of nitrogens with zero attached hydrogens (tertiary/aromatic N) is 10. The molecular weight excluding hydrogens is 1200 g/mol. The summed E-state index contributed by atoms with van der Waals surface area (Å²) in [5.41, 5.74) is 8.71. The lowest BCUT2D eigenvalue weighted by atomic mass is 9.49. The van der Waals surface area contributed by atoms with Crippen molar-refractivity contribution >= 4 is 76.6 Å². The lowest BCUT2D eigenvalue weighted by Gasteiger charge is -2.42. The molecule has 4 aliphatic heterocycles. The van der Waals surface area contributed by atoms with Crippen LogP contribution in [0.1, 0.15) is 143 Å². The van der Waals surface area contributed by atoms with Crippen molar-refractivity contribution in [1.82, 2.24) is 49.3 Å². The van der Waals surface area contributed by atoms with E-state index in [9.17, 15) is 9.59 Å². The van der Waals surface area contributed by atoms with Crippen molar-refractivity contribution in [3.05, 3.63) is 117 Å². The summed E-state index contributed by atoms with van der Waals surface area (Å²) in [6, 6.07) is 16.0. The Hall–Kier alpha value is -5.78. The van der Waals surface area contributed by atoms with Crippen molar-refractivity contribution in [3.8, 4) is 11.3 Å². The van der Waals surface area contributed by atoms with Crippen LogP contribution in [0.15, 0.2) is 77.8 Å². The highest BCUT2D eigenvalue weighted by Crippen LogP contribution is 2.43. The molecule has 2 aromatic carbocycles. The predicted molar refractivity (Wildman–Crippen MR) is 352 cm³/mol. The molecule has 0 radical (unpaired) electrons. The Morgan fingerprint density at radius 1 is 0.614 bits per heavy atom. The van der Waals surface area contributed by atoms with Gasteiger partial charge in [-0.3, -0.25) is 19.0 Å². The second kappa shape index (κ2) is 28.2. The maximum Gasteiger partial charge on any atom is 0.488 e. The molecule has 10 rings (SSSR count). The second-order valence-electron chi connectivity index (χ2n) is 27.0. The van der Waals surface area contributed by atoms with E-state index in [-0.39, 0.29) is 57.6 Å². The Bertz CT molecular complexity index is 3300. The third-order valence-corrected chi connectivity index (χ3v) is 17.3. The first-order valence-electron chi connectivity index (χ1n) is 30.2. The van der Waals surface area contributed by atoms with Gasteiger partial charge in [-0.1, -0.05) is 45.7 Å². The Labute approximate surface area is 535 Å². The number of amides is 2. The number of rotatable bonds is 14. The van der Waals surface area contributed by atoms with Gasteiger partial charge in [0.2, 0.25) is 23.7 Å². The number of carbonyl (C=O) groups is 2. The Morgan fingerprint density at radius 2 is 1.01 bits per heavy atom. The predicted octanol–water partition coefficient (Wildman–Crippen LogP) is 12.1. The topological polar surface area (TPSA) is 207 Å². The van der Waals surface area contributed by atoms with Crippen molar-refractivity contribution in [1.29, 1.82) is 0 Å². The van der Waals surface area contributed by atoms with Crippen LogP contribution in [0.3, 0.4) is 0 Å². The van der Waals surface area contributed by atoms with Gasteiger partial charge < -0.3 is 48.5 Å². The number of nitrogens with one attached hydrogen (secondary N) is 2. The molecule has 0 aliphatic carbocycles. The van der Waals surface area contributed by atoms with Gasteiger partial charge in [-0.15, -0.1) is 0 Å². The molecule has 8 heterocycles. The van der Waals surface area contributed by atoms with E-state index in [1.807, 2.05) is 147 Å². The standard InChI is InChI=1S/C26H34N6O2.C17H24BrNO2.C12H24B2O4.C9H10ClN5/c1-17-13-20(22-11-12-27-25(29-22)30-23-14-28-31(6)18(23)2)8-7-19(17)9-10-24(33)32-15-21(16-32)34-26(3,4)5;1-12-9-14(18)7-5-13(12)6-8-16(20)19-10-15(11-19)21-17(2,3)4;1-9(2)10(3,4)16-13(15-9)14-17-11(5,6)12(7,8)18-14;1-6-7(5-12-15(6)2)13-9-11-4-3-8(10)14-9/h7-8,11-14,21H,9-10,15-16H2,1-6H3,(H,27,29,30);5,7,9,15H,6,8,10-11H2,1-4H3;1-8H3;3-5H,1-2H3,(H,11,13,14). The van der Waals surface area contributed by atoms with Crippen LogP contribution in [-0.2, 0) is 64.6 Å². The number of carbonyl (C=O) groups excluding carboxylic acids is 2. The number of anilines is 4. The van der Waals surface area contributed by atoms with E-state index in [0.29, 0.717) is 43.0 Å². The van der Waals surface area contributed by atoms with Gasteiger partial charge in [0.05, 0.1) is 86.7 Å². The number of hydrogen-bond acceptors (Lipinski definition) is 16. The van der Waals surface area contributed by atoms with Crippen LogP contribution in [0.2, 0.25) is 5.15 Å². The zero-order valence-electron chi connectivity index (χ0n) is 55.4. The first-order chi connectivity index (χ1) is 40.9. The number of likely N-dealkylation sites (tertiary alicyclic amines) is 2. The molecule has 4 saturated heterocycles. The number of benzene rings is 2. The number of halogens is 2. The zero-order valence-corrected chi connectivity index (χ0v) is 57.7. The normalized spacial score (nSPS) is 17.6. The number of ether oxygens (including phenoxy) is 2. The van der Waals surface area contributed by atoms with Crippen LogP contribution in [0, 0.1) is 27.7 Å². The molecule has 4 fully saturated rings. The van der Waals surface area contributed by atoms with E-state index in [4.69, 9.17) is 39.7 Å². The summed E-state index contributed by atoms with van der Waals surface area (Å²) in [7, 11) is 2.82. The number of aromatic nitrogens is 8. The molecule has 0 bridgehead atoms. The molecular formula is C64H92B2BrClN12O8. The Balaban J connectivity index is 0.000000177. The van der Waals surface area contributed by atoms with E-state index >= 15 is 0 Å². The van der Waals surface area contributed by atoms with Gasteiger partial charge in [-0.05, 0) is 190 Å². The van der Waals surface area contributed by atoms with E-state index in [0.717, 1.165) is 70.0 Å². The highest BCUT2D eigenvalue weighted by molar-refractivity contribution is 9.10. The molecule has 4 aliphatic rings. The van der Waals surface area contributed by atoms with E-state index in [1.54, 1.807) is 40.2 Å². The third kappa shape index (κ3) is 18.7. The minimum atomic E-state index is -0.476. The van der Waals surface area contributed by atoms with Crippen molar-refractivity contribution in [3.63, 3.8) is 0 Å². The number of aryl methyl sites for hydroxylation is 6. The second-order valence-corrected chi connectivity index (χ2v) is 28.3. The molecule has 20 nitrogen and oxygen atoms in total. The maximum absolute atomic E-state index is 12.6. The molecule has 2 N–H and O–H groups in total. The summed E-state index contributed by atoms with van der Waals surface area (Å²) in [5.74, 6) is 1.42. The van der Waals surface area contributed by atoms with Gasteiger partial charge in [0.25, 0.3) is 0 Å². The molecule has 476 valence electrons. The van der Waals surface area contributed by atoms with Crippen molar-refractivity contribution in [2.24, 2.45) is 14.1 Å². The summed E-state index contributed by atoms with van der Waals surface area (Å²) < 4.78 is 40.3. The summed E-state index contributed by atoms with van der Waals surface area (Å²) >= 11 is 9.21. The maximum atomic E-state index is 12.6. The largest absolute Gasteiger partial charge is 0.488 e. The lowest BCUT2D eigenvalue weighted by molar-refractivity contribution is -0.157. The fraction of sp³-hybridized carbons (Fsp3) is 0.562. The molecule has 0 saturated carbocycles. The van der Waals surface area contributed by atoms with E-state index in [2.05, 4.69) is 101 Å². The van der Waals surface area contributed by atoms with Crippen LogP contribution in [0.5, 0.6) is 0 Å². The minimum absolute atomic E-state index is 0.131. The summed E-state index contributed by atoms with van der Waals surface area (Å²) in [6.45, 7) is 39.5. The Kier molecular flexibility index (Phi) is 22.3. The lowest BCUT2D eigenvalue weighted by Crippen LogP contribution is -2.56. The first kappa shape index (κ1) is 69.7. The average Bonchev–Trinajstić information content (AvgIpc) is 1.61. The molecule has 0 unspecified atom stereocenters. The summed E-state index contributed by atoms with van der Waals surface area (Å²) in [6.07, 6.45) is 9.80. The molecule has 2 amide bonds. The van der Waals surface area contributed by atoms with Crippen LogP contribution in [0.25, 0.3) is 11.3 Å². The highest BCUT2D eigenvalue weighted by Gasteiger charge is 2.63. The quantitative estimate of drug-likeness (QED) is 0.0768. The van der Waals surface area contributed by atoms with E-state index < -0.39 is 14.0 Å². The van der Waals surface area contributed by atoms with Crippen molar-refractivity contribution in [2.45, 2.75) is 196 Å². The summed E-state index contributed by atoms with van der Waals surface area (Å²) in [4.78, 5) is 45.6. The van der Waals surface area contributed by atoms with E-state index in [1.165, 1.54) is 16.7 Å². The molecule has 6 aromatic rings. The van der Waals surface area contributed by atoms with Crippen LogP contribution in [0.4, 0.5) is 23.3 Å². The van der Waals surface area contributed by atoms with Gasteiger partial charge >= 0.3 is 14.0 Å². The smallest absolute Gasteiger partial charge is 0.405 e. The van der Waals surface area contributed by atoms with Gasteiger partial charge in [0.1, 0.15) is 5.15 Å². The number of hydrogen-bond donors (Lipinski definition) is 2. The van der Waals surface area contributed by atoms with Crippen molar-refractivity contribution in [2.75, 3.05) is 36.8 Å². The van der Waals surface area contributed by atoms with Gasteiger partial charge in [0, 0.05) is 75.5 Å². The average molecular weight is 1290 g/mol.